The molecule has 2 aromatic rings. The van der Waals surface area contributed by atoms with Gasteiger partial charge in [-0.1, -0.05) is 23.2 Å². The molecule has 0 bridgehead atoms. The van der Waals surface area contributed by atoms with Crippen molar-refractivity contribution in [3.8, 4) is 0 Å². The van der Waals surface area contributed by atoms with Gasteiger partial charge in [0.15, 0.2) is 0 Å². The molecule has 130 valence electrons. The lowest BCUT2D eigenvalue weighted by Crippen LogP contribution is -2.48. The van der Waals surface area contributed by atoms with Crippen LogP contribution < -0.4 is 5.32 Å². The van der Waals surface area contributed by atoms with Crippen LogP contribution in [-0.4, -0.2) is 53.3 Å². The summed E-state index contributed by atoms with van der Waals surface area (Å²) in [4.78, 5) is 30.9. The molecule has 8 heteroatoms. The highest BCUT2D eigenvalue weighted by Gasteiger charge is 2.21. The second-order valence-electron chi connectivity index (χ2n) is 5.61. The van der Waals surface area contributed by atoms with E-state index in [4.69, 9.17) is 23.2 Å². The quantitative estimate of drug-likeness (QED) is 0.830. The van der Waals surface area contributed by atoms with Crippen molar-refractivity contribution in [1.82, 2.24) is 14.8 Å². The first-order valence-electron chi connectivity index (χ1n) is 7.73. The zero-order valence-electron chi connectivity index (χ0n) is 13.3. The fourth-order valence-corrected chi connectivity index (χ4v) is 2.99. The summed E-state index contributed by atoms with van der Waals surface area (Å²) in [6, 6.07) is 8.57. The molecule has 0 aliphatic carbocycles. The molecule has 1 N–H and O–H groups in total. The number of piperazine rings is 1. The van der Waals surface area contributed by atoms with Gasteiger partial charge < -0.3 is 15.1 Å². The second-order valence-corrected chi connectivity index (χ2v) is 6.46. The minimum Gasteiger partial charge on any atom is -0.342 e. The third kappa shape index (κ3) is 4.21. The van der Waals surface area contributed by atoms with Gasteiger partial charge in [-0.2, -0.15) is 0 Å². The molecule has 2 amide bonds. The van der Waals surface area contributed by atoms with E-state index in [0.717, 1.165) is 6.41 Å². The van der Waals surface area contributed by atoms with Gasteiger partial charge in [-0.3, -0.25) is 9.59 Å². The zero-order valence-corrected chi connectivity index (χ0v) is 14.8. The van der Waals surface area contributed by atoms with Crippen LogP contribution in [0, 0.1) is 0 Å². The van der Waals surface area contributed by atoms with E-state index in [1.54, 1.807) is 40.1 Å². The average Bonchev–Trinajstić information content (AvgIpc) is 2.64. The van der Waals surface area contributed by atoms with E-state index in [2.05, 4.69) is 10.3 Å². The molecule has 0 saturated carbocycles. The van der Waals surface area contributed by atoms with Crippen LogP contribution in [-0.2, 0) is 4.79 Å². The number of nitrogens with one attached hydrogen (secondary N) is 1. The summed E-state index contributed by atoms with van der Waals surface area (Å²) >= 11 is 12.0. The molecule has 1 aromatic heterocycles. The third-order valence-corrected chi connectivity index (χ3v) is 4.50. The van der Waals surface area contributed by atoms with E-state index in [9.17, 15) is 9.59 Å². The summed E-state index contributed by atoms with van der Waals surface area (Å²) in [5.41, 5.74) is 1.19. The van der Waals surface area contributed by atoms with Gasteiger partial charge in [0, 0.05) is 37.4 Å². The molecule has 1 saturated heterocycles. The molecule has 0 atom stereocenters. The van der Waals surface area contributed by atoms with Gasteiger partial charge in [0.1, 0.15) is 5.82 Å². The molecule has 25 heavy (non-hydrogen) atoms. The number of benzene rings is 1. The maximum Gasteiger partial charge on any atom is 0.255 e. The van der Waals surface area contributed by atoms with Crippen molar-refractivity contribution < 1.29 is 9.59 Å². The number of rotatable bonds is 4. The van der Waals surface area contributed by atoms with E-state index in [0.29, 0.717) is 53.3 Å². The molecular formula is C17H16Cl2N4O2. The molecule has 1 aromatic carbocycles. The minimum atomic E-state index is -0.0888. The van der Waals surface area contributed by atoms with Crippen LogP contribution in [0.5, 0.6) is 0 Å². The summed E-state index contributed by atoms with van der Waals surface area (Å²) in [5.74, 6) is 0.487. The van der Waals surface area contributed by atoms with Crippen LogP contribution in [0.4, 0.5) is 11.5 Å². The predicted molar refractivity (Wildman–Crippen MR) is 97.5 cm³/mol. The Labute approximate surface area is 155 Å². The number of pyridine rings is 1. The Balaban J connectivity index is 1.65. The minimum absolute atomic E-state index is 0.0888. The van der Waals surface area contributed by atoms with E-state index in [1.807, 2.05) is 0 Å². The molecule has 2 heterocycles. The topological polar surface area (TPSA) is 65.5 Å². The Hall–Kier alpha value is -2.31. The molecule has 0 radical (unpaired) electrons. The van der Waals surface area contributed by atoms with Crippen molar-refractivity contribution in [3.63, 3.8) is 0 Å². The van der Waals surface area contributed by atoms with Crippen LogP contribution in [0.1, 0.15) is 10.4 Å². The first-order valence-corrected chi connectivity index (χ1v) is 8.49. The Morgan fingerprint density at radius 1 is 1.12 bits per heavy atom. The van der Waals surface area contributed by atoms with Gasteiger partial charge in [0.2, 0.25) is 6.41 Å². The van der Waals surface area contributed by atoms with Crippen molar-refractivity contribution in [3.05, 3.63) is 52.1 Å². The maximum absolute atomic E-state index is 12.5. The summed E-state index contributed by atoms with van der Waals surface area (Å²) in [6.45, 7) is 2.16. The van der Waals surface area contributed by atoms with Crippen molar-refractivity contribution in [2.75, 3.05) is 31.5 Å². The maximum atomic E-state index is 12.5. The van der Waals surface area contributed by atoms with E-state index < -0.39 is 0 Å². The van der Waals surface area contributed by atoms with Gasteiger partial charge in [-0.05, 0) is 30.3 Å². The lowest BCUT2D eigenvalue weighted by Gasteiger charge is -2.32. The van der Waals surface area contributed by atoms with Gasteiger partial charge in [-0.15, -0.1) is 0 Å². The smallest absolute Gasteiger partial charge is 0.255 e. The average molecular weight is 379 g/mol. The third-order valence-electron chi connectivity index (χ3n) is 3.95. The number of aromatic nitrogens is 1. The number of anilines is 2. The lowest BCUT2D eigenvalue weighted by atomic mass is 10.2. The number of halogens is 2. The van der Waals surface area contributed by atoms with Crippen LogP contribution in [0.2, 0.25) is 10.0 Å². The second kappa shape index (κ2) is 7.72. The van der Waals surface area contributed by atoms with Gasteiger partial charge in [0.25, 0.3) is 5.91 Å². The number of carbonyl (C=O) groups is 2. The molecule has 6 nitrogen and oxygen atoms in total. The standard InChI is InChI=1S/C17H16Cl2N4O2/c18-13-2-3-15(14(19)9-13)21-16-4-1-12(10-20-16)17(25)23-7-5-22(11-24)6-8-23/h1-4,9-11H,5-8H2,(H,20,21). The van der Waals surface area contributed by atoms with Gasteiger partial charge >= 0.3 is 0 Å². The Morgan fingerprint density at radius 3 is 2.48 bits per heavy atom. The molecule has 0 unspecified atom stereocenters. The van der Waals surface area contributed by atoms with Crippen LogP contribution in [0.3, 0.4) is 0 Å². The first-order chi connectivity index (χ1) is 12.1. The number of carbonyl (C=O) groups excluding carboxylic acids is 2. The monoisotopic (exact) mass is 378 g/mol. The molecule has 3 rings (SSSR count). The van der Waals surface area contributed by atoms with Crippen molar-refractivity contribution in [1.29, 1.82) is 0 Å². The van der Waals surface area contributed by atoms with Crippen molar-refractivity contribution in [2.24, 2.45) is 0 Å². The summed E-state index contributed by atoms with van der Waals surface area (Å²) in [7, 11) is 0. The van der Waals surface area contributed by atoms with E-state index >= 15 is 0 Å². The zero-order chi connectivity index (χ0) is 17.8. The number of amides is 2. The Morgan fingerprint density at radius 2 is 1.88 bits per heavy atom. The van der Waals surface area contributed by atoms with Crippen molar-refractivity contribution >= 4 is 47.0 Å². The fraction of sp³-hybridized carbons (Fsp3) is 0.235. The summed E-state index contributed by atoms with van der Waals surface area (Å²) in [5, 5.41) is 4.13. The molecular weight excluding hydrogens is 363 g/mol. The Kier molecular flexibility index (Phi) is 5.40. The normalized spacial score (nSPS) is 14.3. The molecule has 0 spiro atoms. The summed E-state index contributed by atoms with van der Waals surface area (Å²) < 4.78 is 0. The predicted octanol–water partition coefficient (Wildman–Crippen LogP) is 3.05. The summed E-state index contributed by atoms with van der Waals surface area (Å²) in [6.07, 6.45) is 2.34. The van der Waals surface area contributed by atoms with Crippen LogP contribution >= 0.6 is 23.2 Å². The molecule has 1 aliphatic rings. The fourth-order valence-electron chi connectivity index (χ4n) is 2.54. The number of hydrogen-bond donors (Lipinski definition) is 1. The largest absolute Gasteiger partial charge is 0.342 e. The van der Waals surface area contributed by atoms with Crippen LogP contribution in [0.15, 0.2) is 36.5 Å². The van der Waals surface area contributed by atoms with Crippen LogP contribution in [0.25, 0.3) is 0 Å². The van der Waals surface area contributed by atoms with Crippen molar-refractivity contribution in [2.45, 2.75) is 0 Å². The molecule has 1 fully saturated rings. The SMILES string of the molecule is O=CN1CCN(C(=O)c2ccc(Nc3ccc(Cl)cc3Cl)nc2)CC1. The van der Waals surface area contributed by atoms with E-state index in [1.165, 1.54) is 6.20 Å². The highest BCUT2D eigenvalue weighted by Crippen LogP contribution is 2.27. The van der Waals surface area contributed by atoms with Gasteiger partial charge in [-0.25, -0.2) is 4.98 Å². The first kappa shape index (κ1) is 17.5. The highest BCUT2D eigenvalue weighted by molar-refractivity contribution is 6.36. The lowest BCUT2D eigenvalue weighted by molar-refractivity contribution is -0.119. The van der Waals surface area contributed by atoms with E-state index in [-0.39, 0.29) is 5.91 Å². The van der Waals surface area contributed by atoms with Gasteiger partial charge in [0.05, 0.1) is 16.3 Å². The number of nitrogens with zero attached hydrogens (tertiary/aromatic N) is 3. The molecule has 1 aliphatic heterocycles. The number of hydrogen-bond acceptors (Lipinski definition) is 4. The Bertz CT molecular complexity index is 775. The highest BCUT2D eigenvalue weighted by atomic mass is 35.5.